The van der Waals surface area contributed by atoms with Gasteiger partial charge in [0.25, 0.3) is 11.8 Å². The molecule has 0 saturated carbocycles. The van der Waals surface area contributed by atoms with Gasteiger partial charge in [-0.1, -0.05) is 35.5 Å². The SMILES string of the molecule is Cc1noc(-c2ccc3c(c2)OCO3)c1C(=O)NC(Cc1ccccc1)C(=O)C(N)=O. The minimum absolute atomic E-state index is 0.109. The molecular formula is C22H19N3O6. The molecule has 2 heterocycles. The number of hydrogen-bond acceptors (Lipinski definition) is 7. The van der Waals surface area contributed by atoms with E-state index in [0.29, 0.717) is 22.8 Å². The fraction of sp³-hybridized carbons (Fsp3) is 0.182. The summed E-state index contributed by atoms with van der Waals surface area (Å²) in [5.74, 6) is -1.32. The zero-order chi connectivity index (χ0) is 22.0. The Morgan fingerprint density at radius 3 is 2.58 bits per heavy atom. The molecule has 0 bridgehead atoms. The predicted molar refractivity (Wildman–Crippen MR) is 108 cm³/mol. The van der Waals surface area contributed by atoms with Crippen molar-refractivity contribution in [3.8, 4) is 22.8 Å². The lowest BCUT2D eigenvalue weighted by molar-refractivity contribution is -0.137. The van der Waals surface area contributed by atoms with Gasteiger partial charge in [0, 0.05) is 12.0 Å². The number of hydrogen-bond donors (Lipinski definition) is 2. The number of nitrogens with two attached hydrogens (primary N) is 1. The molecule has 1 aliphatic rings. The van der Waals surface area contributed by atoms with E-state index in [9.17, 15) is 14.4 Å². The molecule has 9 nitrogen and oxygen atoms in total. The molecule has 0 spiro atoms. The lowest BCUT2D eigenvalue weighted by Crippen LogP contribution is -2.47. The topological polar surface area (TPSA) is 134 Å². The first kappa shape index (κ1) is 20.1. The number of ether oxygens (including phenoxy) is 2. The van der Waals surface area contributed by atoms with E-state index in [0.717, 1.165) is 5.56 Å². The van der Waals surface area contributed by atoms with Crippen molar-refractivity contribution in [2.45, 2.75) is 19.4 Å². The minimum atomic E-state index is -1.13. The molecule has 0 radical (unpaired) electrons. The first-order valence-electron chi connectivity index (χ1n) is 9.48. The zero-order valence-corrected chi connectivity index (χ0v) is 16.6. The number of ketones is 1. The van der Waals surface area contributed by atoms with E-state index in [1.165, 1.54) is 0 Å². The van der Waals surface area contributed by atoms with Crippen molar-refractivity contribution in [1.82, 2.24) is 10.5 Å². The van der Waals surface area contributed by atoms with Crippen LogP contribution >= 0.6 is 0 Å². The van der Waals surface area contributed by atoms with E-state index in [1.807, 2.05) is 6.07 Å². The number of primary amides is 1. The normalized spacial score (nSPS) is 12.9. The van der Waals surface area contributed by atoms with Crippen molar-refractivity contribution in [2.75, 3.05) is 6.79 Å². The maximum atomic E-state index is 13.1. The molecule has 1 aromatic heterocycles. The highest BCUT2D eigenvalue weighted by atomic mass is 16.7. The summed E-state index contributed by atoms with van der Waals surface area (Å²) < 4.78 is 16.1. The lowest BCUT2D eigenvalue weighted by Gasteiger charge is -2.16. The third kappa shape index (κ3) is 4.11. The minimum Gasteiger partial charge on any atom is -0.454 e. The number of carbonyl (C=O) groups excluding carboxylic acids is 3. The summed E-state index contributed by atoms with van der Waals surface area (Å²) in [4.78, 5) is 37.0. The molecule has 1 aliphatic heterocycles. The Bertz CT molecular complexity index is 1160. The fourth-order valence-corrected chi connectivity index (χ4v) is 3.33. The standard InChI is InChI=1S/C22H19N3O6/c1-12-18(20(31-25-12)14-7-8-16-17(10-14)30-11-29-16)22(28)24-15(19(26)21(23)27)9-13-5-3-2-4-6-13/h2-8,10,15H,9,11H2,1H3,(H2,23,27)(H,24,28). The second-order valence-corrected chi connectivity index (χ2v) is 6.98. The molecule has 9 heteroatoms. The predicted octanol–water partition coefficient (Wildman–Crippen LogP) is 1.77. The van der Waals surface area contributed by atoms with Gasteiger partial charge in [-0.25, -0.2) is 0 Å². The van der Waals surface area contributed by atoms with Gasteiger partial charge in [-0.05, 0) is 30.7 Å². The smallest absolute Gasteiger partial charge is 0.287 e. The molecule has 31 heavy (non-hydrogen) atoms. The molecule has 0 saturated heterocycles. The van der Waals surface area contributed by atoms with Gasteiger partial charge < -0.3 is 25.0 Å². The summed E-state index contributed by atoms with van der Waals surface area (Å²) in [6, 6.07) is 12.9. The summed E-state index contributed by atoms with van der Waals surface area (Å²) in [5.41, 5.74) is 6.98. The first-order chi connectivity index (χ1) is 14.9. The Morgan fingerprint density at radius 2 is 1.84 bits per heavy atom. The van der Waals surface area contributed by atoms with Crippen molar-refractivity contribution in [3.05, 3.63) is 65.4 Å². The summed E-state index contributed by atoms with van der Waals surface area (Å²) >= 11 is 0. The summed E-state index contributed by atoms with van der Waals surface area (Å²) in [6.07, 6.45) is 0.109. The highest BCUT2D eigenvalue weighted by Gasteiger charge is 2.30. The van der Waals surface area contributed by atoms with Gasteiger partial charge in [0.05, 0.1) is 5.69 Å². The van der Waals surface area contributed by atoms with Crippen LogP contribution < -0.4 is 20.5 Å². The highest BCUT2D eigenvalue weighted by Crippen LogP contribution is 2.37. The van der Waals surface area contributed by atoms with Gasteiger partial charge in [-0.3, -0.25) is 14.4 Å². The van der Waals surface area contributed by atoms with Crippen LogP contribution in [0.3, 0.4) is 0 Å². The number of aromatic nitrogens is 1. The maximum absolute atomic E-state index is 13.1. The van der Waals surface area contributed by atoms with Gasteiger partial charge >= 0.3 is 0 Å². The number of Topliss-reactive ketones (excluding diaryl/α,β-unsaturated/α-hetero) is 1. The van der Waals surface area contributed by atoms with E-state index >= 15 is 0 Å². The van der Waals surface area contributed by atoms with E-state index in [2.05, 4.69) is 10.5 Å². The van der Waals surface area contributed by atoms with E-state index < -0.39 is 23.6 Å². The van der Waals surface area contributed by atoms with E-state index in [4.69, 9.17) is 19.7 Å². The number of amides is 2. The van der Waals surface area contributed by atoms with Crippen LogP contribution in [0.5, 0.6) is 11.5 Å². The third-order valence-electron chi connectivity index (χ3n) is 4.87. The van der Waals surface area contributed by atoms with Gasteiger partial charge in [0.2, 0.25) is 12.6 Å². The Labute approximate surface area is 177 Å². The van der Waals surface area contributed by atoms with Crippen molar-refractivity contribution in [2.24, 2.45) is 5.73 Å². The number of rotatable bonds is 7. The Kier molecular flexibility index (Phi) is 5.40. The molecule has 3 aromatic rings. The Balaban J connectivity index is 1.63. The van der Waals surface area contributed by atoms with Crippen LogP contribution in [-0.4, -0.2) is 35.6 Å². The molecule has 1 atom stereocenters. The average Bonchev–Trinajstić information content (AvgIpc) is 3.39. The third-order valence-corrected chi connectivity index (χ3v) is 4.87. The van der Waals surface area contributed by atoms with Gasteiger partial charge in [-0.15, -0.1) is 0 Å². The number of benzene rings is 2. The van der Waals surface area contributed by atoms with Crippen LogP contribution in [0.25, 0.3) is 11.3 Å². The van der Waals surface area contributed by atoms with E-state index in [1.54, 1.807) is 49.4 Å². The highest BCUT2D eigenvalue weighted by molar-refractivity contribution is 6.38. The van der Waals surface area contributed by atoms with Crippen LogP contribution in [0.4, 0.5) is 0 Å². The van der Waals surface area contributed by atoms with Crippen LogP contribution in [0.15, 0.2) is 53.1 Å². The largest absolute Gasteiger partial charge is 0.454 e. The molecule has 4 rings (SSSR count). The number of carbonyl (C=O) groups is 3. The number of aryl methyl sites for hydroxylation is 1. The Hall–Kier alpha value is -4.14. The maximum Gasteiger partial charge on any atom is 0.287 e. The second kappa shape index (κ2) is 8.31. The monoisotopic (exact) mass is 421 g/mol. The molecule has 3 N–H and O–H groups in total. The molecular weight excluding hydrogens is 402 g/mol. The van der Waals surface area contributed by atoms with Gasteiger partial charge in [0.1, 0.15) is 11.6 Å². The molecule has 158 valence electrons. The van der Waals surface area contributed by atoms with Crippen molar-refractivity contribution in [1.29, 1.82) is 0 Å². The van der Waals surface area contributed by atoms with Crippen LogP contribution in [-0.2, 0) is 16.0 Å². The van der Waals surface area contributed by atoms with Crippen molar-refractivity contribution in [3.63, 3.8) is 0 Å². The van der Waals surface area contributed by atoms with Crippen molar-refractivity contribution < 1.29 is 28.4 Å². The second-order valence-electron chi connectivity index (χ2n) is 6.98. The molecule has 0 aliphatic carbocycles. The van der Waals surface area contributed by atoms with Crippen molar-refractivity contribution >= 4 is 17.6 Å². The lowest BCUT2D eigenvalue weighted by atomic mass is 10.0. The zero-order valence-electron chi connectivity index (χ0n) is 16.6. The number of fused-ring (bicyclic) bond motifs is 1. The summed E-state index contributed by atoms with van der Waals surface area (Å²) in [7, 11) is 0. The Morgan fingerprint density at radius 1 is 1.10 bits per heavy atom. The first-order valence-corrected chi connectivity index (χ1v) is 9.48. The fourth-order valence-electron chi connectivity index (χ4n) is 3.33. The number of nitrogens with one attached hydrogen (secondary N) is 1. The number of nitrogens with zero attached hydrogens (tertiary/aromatic N) is 1. The van der Waals surface area contributed by atoms with E-state index in [-0.39, 0.29) is 24.5 Å². The summed E-state index contributed by atoms with van der Waals surface area (Å²) in [5, 5.41) is 6.50. The molecule has 2 amide bonds. The van der Waals surface area contributed by atoms with Crippen LogP contribution in [0.2, 0.25) is 0 Å². The summed E-state index contributed by atoms with van der Waals surface area (Å²) in [6.45, 7) is 1.72. The molecule has 1 unspecified atom stereocenters. The average molecular weight is 421 g/mol. The van der Waals surface area contributed by atoms with Gasteiger partial charge in [0.15, 0.2) is 17.3 Å². The molecule has 0 fully saturated rings. The van der Waals surface area contributed by atoms with Crippen LogP contribution in [0.1, 0.15) is 21.6 Å². The quantitative estimate of drug-likeness (QED) is 0.555. The van der Waals surface area contributed by atoms with Gasteiger partial charge in [-0.2, -0.15) is 0 Å². The van der Waals surface area contributed by atoms with Crippen LogP contribution in [0, 0.1) is 6.92 Å². The molecule has 2 aromatic carbocycles.